The Hall–Kier alpha value is -0.830. The van der Waals surface area contributed by atoms with Crippen molar-refractivity contribution in [3.8, 4) is 0 Å². The number of carbonyl (C=O) groups is 1. The molecule has 0 bridgehead atoms. The van der Waals surface area contributed by atoms with Crippen molar-refractivity contribution in [2.45, 2.75) is 39.7 Å². The van der Waals surface area contributed by atoms with Crippen molar-refractivity contribution < 1.29 is 14.6 Å². The van der Waals surface area contributed by atoms with Crippen molar-refractivity contribution in [1.29, 1.82) is 0 Å². The highest BCUT2D eigenvalue weighted by molar-refractivity contribution is 5.91. The van der Waals surface area contributed by atoms with E-state index in [1.807, 2.05) is 0 Å². The summed E-state index contributed by atoms with van der Waals surface area (Å²) in [5.74, 6) is 0.857. The summed E-state index contributed by atoms with van der Waals surface area (Å²) in [6, 6.07) is 0. The first-order valence-corrected chi connectivity index (χ1v) is 6.96. The number of hydrogen-bond acceptors (Lipinski definition) is 3. The topological polar surface area (TPSA) is 46.5 Å². The maximum absolute atomic E-state index is 11.7. The molecule has 3 nitrogen and oxygen atoms in total. The van der Waals surface area contributed by atoms with Gasteiger partial charge in [-0.2, -0.15) is 0 Å². The van der Waals surface area contributed by atoms with E-state index in [4.69, 9.17) is 4.74 Å². The molecule has 1 heterocycles. The lowest BCUT2D eigenvalue weighted by molar-refractivity contribution is -0.135. The summed E-state index contributed by atoms with van der Waals surface area (Å²) in [4.78, 5) is 11.7. The number of esters is 1. The minimum Gasteiger partial charge on any atom is -0.462 e. The largest absolute Gasteiger partial charge is 0.462 e. The molecule has 3 aliphatic rings. The molecule has 1 N–H and O–H groups in total. The lowest BCUT2D eigenvalue weighted by Crippen LogP contribution is -2.32. The minimum atomic E-state index is -0.417. The summed E-state index contributed by atoms with van der Waals surface area (Å²) in [6.07, 6.45) is 3.84. The first-order valence-electron chi connectivity index (χ1n) is 6.96. The summed E-state index contributed by atoms with van der Waals surface area (Å²) >= 11 is 0. The molecule has 1 aliphatic heterocycles. The Balaban J connectivity index is 1.97. The molecule has 1 unspecified atom stereocenters. The van der Waals surface area contributed by atoms with Crippen molar-refractivity contribution in [2.75, 3.05) is 6.61 Å². The second kappa shape index (κ2) is 3.83. The highest BCUT2D eigenvalue weighted by atomic mass is 16.5. The van der Waals surface area contributed by atoms with Gasteiger partial charge in [-0.1, -0.05) is 26.8 Å². The van der Waals surface area contributed by atoms with Gasteiger partial charge in [-0.05, 0) is 36.0 Å². The van der Waals surface area contributed by atoms with Gasteiger partial charge < -0.3 is 9.84 Å². The van der Waals surface area contributed by atoms with E-state index in [9.17, 15) is 9.90 Å². The standard InChI is InChI=1S/C15H22O3/c1-8-4-9-12(7-18-14(9)17)13(16)11-6-15(2,3)5-10(8)11/h4,8,10-13,16H,5-7H2,1-3H3/t8-,10+,11+,12?,13-/m0/s1. The summed E-state index contributed by atoms with van der Waals surface area (Å²) in [5, 5.41) is 10.6. The molecule has 18 heavy (non-hydrogen) atoms. The molecule has 5 atom stereocenters. The number of rotatable bonds is 0. The molecule has 0 amide bonds. The Morgan fingerprint density at radius 2 is 2.00 bits per heavy atom. The Kier molecular flexibility index (Phi) is 2.60. The zero-order valence-corrected chi connectivity index (χ0v) is 11.3. The van der Waals surface area contributed by atoms with E-state index in [1.165, 1.54) is 0 Å². The molecule has 0 aromatic carbocycles. The molecule has 0 aromatic rings. The van der Waals surface area contributed by atoms with E-state index in [0.29, 0.717) is 29.8 Å². The van der Waals surface area contributed by atoms with Crippen LogP contribution in [0.15, 0.2) is 11.6 Å². The van der Waals surface area contributed by atoms with Gasteiger partial charge in [0.15, 0.2) is 0 Å². The van der Waals surface area contributed by atoms with Crippen LogP contribution in [-0.2, 0) is 9.53 Å². The molecule has 100 valence electrons. The number of cyclic esters (lactones) is 1. The lowest BCUT2D eigenvalue weighted by Gasteiger charge is -2.27. The van der Waals surface area contributed by atoms with E-state index in [1.54, 1.807) is 0 Å². The van der Waals surface area contributed by atoms with Crippen LogP contribution < -0.4 is 0 Å². The molecule has 3 rings (SSSR count). The predicted octanol–water partition coefficient (Wildman–Crippen LogP) is 2.15. The van der Waals surface area contributed by atoms with Gasteiger partial charge in [-0.25, -0.2) is 4.79 Å². The van der Waals surface area contributed by atoms with Gasteiger partial charge in [0.25, 0.3) is 0 Å². The Morgan fingerprint density at radius 1 is 1.33 bits per heavy atom. The first-order chi connectivity index (χ1) is 8.39. The molecule has 0 radical (unpaired) electrons. The SMILES string of the molecule is C[C@H]1C=C2C(=O)OCC2[C@@H](O)[C@@H]2CC(C)(C)C[C@@H]21. The van der Waals surface area contributed by atoms with Crippen LogP contribution in [0.5, 0.6) is 0 Å². The van der Waals surface area contributed by atoms with E-state index in [2.05, 4.69) is 26.8 Å². The van der Waals surface area contributed by atoms with Crippen molar-refractivity contribution in [3.05, 3.63) is 11.6 Å². The van der Waals surface area contributed by atoms with E-state index in [-0.39, 0.29) is 11.9 Å². The quantitative estimate of drug-likeness (QED) is 0.670. The minimum absolute atomic E-state index is 0.0937. The maximum atomic E-state index is 11.7. The predicted molar refractivity (Wildman–Crippen MR) is 67.7 cm³/mol. The molecule has 3 heteroatoms. The van der Waals surface area contributed by atoms with Crippen LogP contribution in [0.25, 0.3) is 0 Å². The number of carbonyl (C=O) groups excluding carboxylic acids is 1. The normalized spacial score (nSPS) is 45.9. The van der Waals surface area contributed by atoms with Crippen molar-refractivity contribution in [3.63, 3.8) is 0 Å². The number of ether oxygens (including phenoxy) is 1. The van der Waals surface area contributed by atoms with Crippen LogP contribution in [0.4, 0.5) is 0 Å². The zero-order chi connectivity index (χ0) is 13.1. The third-order valence-corrected chi connectivity index (χ3v) is 5.12. The summed E-state index contributed by atoms with van der Waals surface area (Å²) in [6.45, 7) is 7.10. The van der Waals surface area contributed by atoms with Crippen LogP contribution >= 0.6 is 0 Å². The fourth-order valence-corrected chi connectivity index (χ4v) is 4.28. The van der Waals surface area contributed by atoms with Gasteiger partial charge in [0.2, 0.25) is 0 Å². The van der Waals surface area contributed by atoms with Gasteiger partial charge in [-0.3, -0.25) is 0 Å². The second-order valence-electron chi connectivity index (χ2n) is 7.08. The maximum Gasteiger partial charge on any atom is 0.334 e. The molecule has 2 fully saturated rings. The molecule has 1 saturated heterocycles. The Labute approximate surface area is 108 Å². The van der Waals surface area contributed by atoms with Crippen molar-refractivity contribution in [2.24, 2.45) is 29.1 Å². The summed E-state index contributed by atoms with van der Waals surface area (Å²) < 4.78 is 5.11. The van der Waals surface area contributed by atoms with Gasteiger partial charge in [0.05, 0.1) is 12.0 Å². The lowest BCUT2D eigenvalue weighted by atomic mass is 9.81. The van der Waals surface area contributed by atoms with Gasteiger partial charge in [-0.15, -0.1) is 0 Å². The van der Waals surface area contributed by atoms with Gasteiger partial charge in [0.1, 0.15) is 6.61 Å². The van der Waals surface area contributed by atoms with Crippen LogP contribution in [0, 0.1) is 29.1 Å². The first kappa shape index (κ1) is 12.2. The average Bonchev–Trinajstić information content (AvgIpc) is 2.77. The molecular formula is C15H22O3. The van der Waals surface area contributed by atoms with E-state index < -0.39 is 6.10 Å². The Morgan fingerprint density at radius 3 is 2.72 bits per heavy atom. The number of allylic oxidation sites excluding steroid dienone is 1. The number of hydrogen-bond donors (Lipinski definition) is 1. The third-order valence-electron chi connectivity index (χ3n) is 5.12. The van der Waals surface area contributed by atoms with Gasteiger partial charge in [0, 0.05) is 5.57 Å². The molecule has 0 aromatic heterocycles. The molecular weight excluding hydrogens is 228 g/mol. The molecule has 1 saturated carbocycles. The smallest absolute Gasteiger partial charge is 0.334 e. The van der Waals surface area contributed by atoms with Crippen LogP contribution in [0.2, 0.25) is 0 Å². The third kappa shape index (κ3) is 1.71. The Bertz CT molecular complexity index is 410. The fourth-order valence-electron chi connectivity index (χ4n) is 4.28. The summed E-state index contributed by atoms with van der Waals surface area (Å²) in [5.41, 5.74) is 1.03. The van der Waals surface area contributed by atoms with Crippen LogP contribution in [0.1, 0.15) is 33.6 Å². The van der Waals surface area contributed by atoms with E-state index >= 15 is 0 Å². The zero-order valence-electron chi connectivity index (χ0n) is 11.3. The number of aliphatic hydroxyl groups excluding tert-OH is 1. The molecule has 0 spiro atoms. The van der Waals surface area contributed by atoms with Crippen molar-refractivity contribution in [1.82, 2.24) is 0 Å². The van der Waals surface area contributed by atoms with Gasteiger partial charge >= 0.3 is 5.97 Å². The van der Waals surface area contributed by atoms with E-state index in [0.717, 1.165) is 18.4 Å². The van der Waals surface area contributed by atoms with Crippen LogP contribution in [-0.4, -0.2) is 23.8 Å². The number of fused-ring (bicyclic) bond motifs is 2. The second-order valence-corrected chi connectivity index (χ2v) is 7.08. The molecule has 2 aliphatic carbocycles. The monoisotopic (exact) mass is 250 g/mol. The average molecular weight is 250 g/mol. The van der Waals surface area contributed by atoms with Crippen molar-refractivity contribution >= 4 is 5.97 Å². The van der Waals surface area contributed by atoms with Crippen LogP contribution in [0.3, 0.4) is 0 Å². The summed E-state index contributed by atoms with van der Waals surface area (Å²) in [7, 11) is 0. The fraction of sp³-hybridized carbons (Fsp3) is 0.800. The highest BCUT2D eigenvalue weighted by Gasteiger charge is 2.51. The highest BCUT2D eigenvalue weighted by Crippen LogP contribution is 2.53. The number of aliphatic hydroxyl groups is 1.